The van der Waals surface area contributed by atoms with Crippen molar-refractivity contribution < 1.29 is 9.53 Å². The molecule has 0 amide bonds. The van der Waals surface area contributed by atoms with Crippen LogP contribution in [0.15, 0.2) is 48.6 Å². The van der Waals surface area contributed by atoms with Crippen LogP contribution < -0.4 is 0 Å². The van der Waals surface area contributed by atoms with E-state index >= 15 is 0 Å². The molecule has 1 atom stereocenters. The van der Waals surface area contributed by atoms with Crippen LogP contribution in [-0.2, 0) is 9.53 Å². The van der Waals surface area contributed by atoms with E-state index in [1.165, 1.54) is 154 Å². The Morgan fingerprint density at radius 1 is 0.479 bits per heavy atom. The summed E-state index contributed by atoms with van der Waals surface area (Å²) in [4.78, 5) is 12.7. The summed E-state index contributed by atoms with van der Waals surface area (Å²) >= 11 is 2.49. The van der Waals surface area contributed by atoms with Crippen molar-refractivity contribution in [3.63, 3.8) is 0 Å². The van der Waals surface area contributed by atoms with Crippen LogP contribution in [0.3, 0.4) is 0 Å². The van der Waals surface area contributed by atoms with Crippen molar-refractivity contribution in [1.29, 1.82) is 0 Å². The third-order valence-electron chi connectivity index (χ3n) is 9.23. The van der Waals surface area contributed by atoms with Crippen molar-refractivity contribution in [2.24, 2.45) is 0 Å². The number of halogens is 1. The number of carbonyl (C=O) groups is 1. The van der Waals surface area contributed by atoms with E-state index in [4.69, 9.17) is 4.74 Å². The standard InChI is InChI=1S/C45H81IO2/c1-4-6-8-10-12-14-16-18-20-22-24-26-28-30-32-36-40-44(48-45(47)42-38-34-35-39-43(3)46)41-37-33-31-29-27-25-23-21-19-17-15-13-11-9-7-5-2/h12-15,18-21,43-44H,4-11,16-17,22-42H2,1-3H3/b14-12-,15-13-,20-18-,21-19-. The summed E-state index contributed by atoms with van der Waals surface area (Å²) in [7, 11) is 0. The van der Waals surface area contributed by atoms with E-state index in [1.807, 2.05) is 0 Å². The maximum absolute atomic E-state index is 12.7. The summed E-state index contributed by atoms with van der Waals surface area (Å²) in [6.07, 6.45) is 56.7. The van der Waals surface area contributed by atoms with Gasteiger partial charge >= 0.3 is 5.97 Å². The highest BCUT2D eigenvalue weighted by molar-refractivity contribution is 14.1. The summed E-state index contributed by atoms with van der Waals surface area (Å²) in [5.41, 5.74) is 0. The second-order valence-electron chi connectivity index (χ2n) is 14.2. The van der Waals surface area contributed by atoms with E-state index in [-0.39, 0.29) is 12.1 Å². The Kier molecular flexibility index (Phi) is 39.9. The molecule has 1 unspecified atom stereocenters. The summed E-state index contributed by atoms with van der Waals surface area (Å²) in [6.45, 7) is 6.79. The second kappa shape index (κ2) is 40.6. The molecule has 0 aromatic rings. The van der Waals surface area contributed by atoms with Crippen molar-refractivity contribution >= 4 is 28.6 Å². The summed E-state index contributed by atoms with van der Waals surface area (Å²) in [5.74, 6) is 0.0441. The summed E-state index contributed by atoms with van der Waals surface area (Å²) in [5, 5.41) is 0. The Balaban J connectivity index is 4.10. The molecule has 0 aromatic carbocycles. The highest BCUT2D eigenvalue weighted by Crippen LogP contribution is 2.19. The quantitative estimate of drug-likeness (QED) is 0.0206. The summed E-state index contributed by atoms with van der Waals surface area (Å²) < 4.78 is 6.79. The molecule has 0 aliphatic rings. The second-order valence-corrected chi connectivity index (χ2v) is 16.4. The van der Waals surface area contributed by atoms with Gasteiger partial charge in [0.1, 0.15) is 6.10 Å². The highest BCUT2D eigenvalue weighted by atomic mass is 127. The molecule has 0 N–H and O–H groups in total. The van der Waals surface area contributed by atoms with Crippen LogP contribution in [0, 0.1) is 0 Å². The first-order valence-corrected chi connectivity index (χ1v) is 22.3. The van der Waals surface area contributed by atoms with E-state index in [1.54, 1.807) is 0 Å². The third-order valence-corrected chi connectivity index (χ3v) is 9.86. The van der Waals surface area contributed by atoms with Crippen molar-refractivity contribution in [3.05, 3.63) is 48.6 Å². The molecular formula is C45H81IO2. The average molecular weight is 781 g/mol. The Morgan fingerprint density at radius 2 is 0.833 bits per heavy atom. The van der Waals surface area contributed by atoms with Gasteiger partial charge in [-0.3, -0.25) is 4.79 Å². The van der Waals surface area contributed by atoms with E-state index in [2.05, 4.69) is 92.0 Å². The predicted molar refractivity (Wildman–Crippen MR) is 224 cm³/mol. The van der Waals surface area contributed by atoms with E-state index < -0.39 is 0 Å². The van der Waals surface area contributed by atoms with Gasteiger partial charge in [-0.2, -0.15) is 0 Å². The van der Waals surface area contributed by atoms with Gasteiger partial charge < -0.3 is 4.74 Å². The van der Waals surface area contributed by atoms with Crippen molar-refractivity contribution in [1.82, 2.24) is 0 Å². The maximum Gasteiger partial charge on any atom is 0.306 e. The van der Waals surface area contributed by atoms with Crippen LogP contribution in [-0.4, -0.2) is 16.0 Å². The number of hydrogen-bond donors (Lipinski definition) is 0. The zero-order chi connectivity index (χ0) is 35.0. The molecule has 0 saturated heterocycles. The van der Waals surface area contributed by atoms with Gasteiger partial charge in [0.25, 0.3) is 0 Å². The van der Waals surface area contributed by atoms with Gasteiger partial charge in [-0.1, -0.05) is 182 Å². The lowest BCUT2D eigenvalue weighted by Crippen LogP contribution is -2.18. The van der Waals surface area contributed by atoms with Gasteiger partial charge in [-0.25, -0.2) is 0 Å². The summed E-state index contributed by atoms with van der Waals surface area (Å²) in [6, 6.07) is 0. The molecule has 2 nitrogen and oxygen atoms in total. The van der Waals surface area contributed by atoms with Crippen LogP contribution in [0.4, 0.5) is 0 Å². The Bertz CT molecular complexity index is 717. The largest absolute Gasteiger partial charge is 0.462 e. The maximum atomic E-state index is 12.7. The minimum absolute atomic E-state index is 0.0441. The molecule has 0 aromatic heterocycles. The number of carbonyl (C=O) groups excluding carboxylic acids is 1. The molecule has 3 heteroatoms. The molecule has 280 valence electrons. The first-order chi connectivity index (χ1) is 23.6. The number of hydrogen-bond acceptors (Lipinski definition) is 2. The van der Waals surface area contributed by atoms with E-state index in [0.29, 0.717) is 6.42 Å². The topological polar surface area (TPSA) is 26.3 Å². The lowest BCUT2D eigenvalue weighted by atomic mass is 10.0. The minimum atomic E-state index is 0.0441. The molecule has 0 saturated carbocycles. The van der Waals surface area contributed by atoms with Crippen molar-refractivity contribution in [3.8, 4) is 0 Å². The van der Waals surface area contributed by atoms with Crippen LogP contribution in [0.1, 0.15) is 220 Å². The minimum Gasteiger partial charge on any atom is -0.462 e. The Labute approximate surface area is 315 Å². The van der Waals surface area contributed by atoms with Crippen LogP contribution in [0.5, 0.6) is 0 Å². The first-order valence-electron chi connectivity index (χ1n) is 21.0. The van der Waals surface area contributed by atoms with Gasteiger partial charge in [0.2, 0.25) is 0 Å². The molecule has 0 fully saturated rings. The van der Waals surface area contributed by atoms with Gasteiger partial charge in [0, 0.05) is 10.3 Å². The first kappa shape index (κ1) is 47.2. The lowest BCUT2D eigenvalue weighted by Gasteiger charge is -2.18. The molecular weight excluding hydrogens is 699 g/mol. The fourth-order valence-corrected chi connectivity index (χ4v) is 6.54. The zero-order valence-corrected chi connectivity index (χ0v) is 34.5. The van der Waals surface area contributed by atoms with E-state index in [9.17, 15) is 4.79 Å². The molecule has 0 bridgehead atoms. The fourth-order valence-electron chi connectivity index (χ4n) is 6.10. The number of allylic oxidation sites excluding steroid dienone is 8. The van der Waals surface area contributed by atoms with Crippen molar-refractivity contribution in [2.45, 2.75) is 230 Å². The normalized spacial score (nSPS) is 12.9. The predicted octanol–water partition coefficient (Wildman–Crippen LogP) is 16.1. The Morgan fingerprint density at radius 3 is 1.25 bits per heavy atom. The van der Waals surface area contributed by atoms with Crippen molar-refractivity contribution in [2.75, 3.05) is 0 Å². The van der Waals surface area contributed by atoms with Gasteiger partial charge in [-0.15, -0.1) is 0 Å². The molecule has 48 heavy (non-hydrogen) atoms. The number of ether oxygens (including phenoxy) is 1. The smallest absolute Gasteiger partial charge is 0.306 e. The van der Waals surface area contributed by atoms with Crippen LogP contribution >= 0.6 is 22.6 Å². The van der Waals surface area contributed by atoms with E-state index in [0.717, 1.165) is 42.4 Å². The van der Waals surface area contributed by atoms with Crippen LogP contribution in [0.2, 0.25) is 0 Å². The number of rotatable bonds is 37. The van der Waals surface area contributed by atoms with Gasteiger partial charge in [-0.05, 0) is 103 Å². The van der Waals surface area contributed by atoms with Gasteiger partial charge in [0.15, 0.2) is 0 Å². The lowest BCUT2D eigenvalue weighted by molar-refractivity contribution is -0.150. The van der Waals surface area contributed by atoms with Gasteiger partial charge in [0.05, 0.1) is 0 Å². The number of alkyl halides is 1. The number of unbranched alkanes of at least 4 members (excludes halogenated alkanes) is 20. The molecule has 0 aliphatic carbocycles. The molecule has 0 aliphatic heterocycles. The third kappa shape index (κ3) is 39.6. The number of esters is 1. The monoisotopic (exact) mass is 781 g/mol. The molecule has 0 radical (unpaired) electrons. The molecule has 0 rings (SSSR count). The zero-order valence-electron chi connectivity index (χ0n) is 32.4. The Hall–Kier alpha value is -0.840. The average Bonchev–Trinajstić information content (AvgIpc) is 3.07. The fraction of sp³-hybridized carbons (Fsp3) is 0.800. The molecule has 0 spiro atoms. The SMILES string of the molecule is CCCCC/C=C\C/C=C\CCCCCCCCC(CCCCCCCC/C=C\C/C=C\CCCCC)OC(=O)CCCCCC(C)I. The molecule has 0 heterocycles. The van der Waals surface area contributed by atoms with Crippen LogP contribution in [0.25, 0.3) is 0 Å². The highest BCUT2D eigenvalue weighted by Gasteiger charge is 2.14.